The Morgan fingerprint density at radius 1 is 0.875 bits per heavy atom. The predicted octanol–water partition coefficient (Wildman–Crippen LogP) is 3.54. The first-order valence-electron chi connectivity index (χ1n) is 8.64. The number of benzene rings is 2. The van der Waals surface area contributed by atoms with E-state index in [0.29, 0.717) is 6.61 Å². The summed E-state index contributed by atoms with van der Waals surface area (Å²) < 4.78 is 18.7. The average molecular weight is 328 g/mol. The maximum Gasteiger partial charge on any atom is 0.123 e. The summed E-state index contributed by atoms with van der Waals surface area (Å²) in [6.45, 7) is 8.63. The monoisotopic (exact) mass is 328 g/mol. The Morgan fingerprint density at radius 3 is 2.08 bits per heavy atom. The van der Waals surface area contributed by atoms with E-state index in [2.05, 4.69) is 21.9 Å². The van der Waals surface area contributed by atoms with Crippen LogP contribution in [-0.2, 0) is 13.1 Å². The number of ether oxygens (including phenoxy) is 1. The highest BCUT2D eigenvalue weighted by Crippen LogP contribution is 2.15. The molecule has 1 fully saturated rings. The van der Waals surface area contributed by atoms with Crippen molar-refractivity contribution in [1.82, 2.24) is 9.80 Å². The Morgan fingerprint density at radius 2 is 1.50 bits per heavy atom. The predicted molar refractivity (Wildman–Crippen MR) is 94.6 cm³/mol. The fourth-order valence-electron chi connectivity index (χ4n) is 3.11. The highest BCUT2D eigenvalue weighted by Gasteiger charge is 2.17. The first-order chi connectivity index (χ1) is 11.7. The van der Waals surface area contributed by atoms with Crippen LogP contribution in [0.5, 0.6) is 5.75 Å². The molecule has 0 N–H and O–H groups in total. The molecule has 2 aromatic rings. The topological polar surface area (TPSA) is 15.7 Å². The van der Waals surface area contributed by atoms with Gasteiger partial charge in [0, 0.05) is 39.3 Å². The fraction of sp³-hybridized carbons (Fsp3) is 0.400. The van der Waals surface area contributed by atoms with Gasteiger partial charge in [-0.15, -0.1) is 0 Å². The summed E-state index contributed by atoms with van der Waals surface area (Å²) in [5.74, 6) is 0.780. The summed E-state index contributed by atoms with van der Waals surface area (Å²) in [4.78, 5) is 4.86. The van der Waals surface area contributed by atoms with Crippen LogP contribution in [0.4, 0.5) is 4.39 Å². The molecular weight excluding hydrogens is 303 g/mol. The van der Waals surface area contributed by atoms with Crippen LogP contribution in [0.3, 0.4) is 0 Å². The van der Waals surface area contributed by atoms with Crippen LogP contribution in [0.25, 0.3) is 0 Å². The molecule has 0 unspecified atom stereocenters. The van der Waals surface area contributed by atoms with Crippen LogP contribution in [0.1, 0.15) is 18.1 Å². The maximum absolute atomic E-state index is 13.3. The zero-order valence-corrected chi connectivity index (χ0v) is 14.2. The van der Waals surface area contributed by atoms with Gasteiger partial charge in [-0.3, -0.25) is 9.80 Å². The molecule has 0 spiro atoms. The quantitative estimate of drug-likeness (QED) is 0.807. The van der Waals surface area contributed by atoms with Gasteiger partial charge in [0.25, 0.3) is 0 Å². The molecule has 0 amide bonds. The van der Waals surface area contributed by atoms with Crippen molar-refractivity contribution < 1.29 is 9.13 Å². The molecular formula is C20H25FN2O. The Labute approximate surface area is 143 Å². The number of hydrogen-bond acceptors (Lipinski definition) is 3. The Hall–Kier alpha value is -1.91. The van der Waals surface area contributed by atoms with Crippen molar-refractivity contribution in [1.29, 1.82) is 0 Å². The smallest absolute Gasteiger partial charge is 0.123 e. The van der Waals surface area contributed by atoms with Gasteiger partial charge in [-0.05, 0) is 42.3 Å². The molecule has 0 saturated carbocycles. The van der Waals surface area contributed by atoms with E-state index in [-0.39, 0.29) is 5.82 Å². The zero-order chi connectivity index (χ0) is 16.8. The van der Waals surface area contributed by atoms with Crippen molar-refractivity contribution in [3.63, 3.8) is 0 Å². The molecule has 4 heteroatoms. The molecule has 0 aromatic heterocycles. The zero-order valence-electron chi connectivity index (χ0n) is 14.2. The third-order valence-electron chi connectivity index (χ3n) is 4.40. The summed E-state index contributed by atoms with van der Waals surface area (Å²) in [6, 6.07) is 15.3. The molecule has 128 valence electrons. The van der Waals surface area contributed by atoms with E-state index in [1.807, 2.05) is 25.1 Å². The highest BCUT2D eigenvalue weighted by molar-refractivity contribution is 5.27. The summed E-state index contributed by atoms with van der Waals surface area (Å²) in [6.07, 6.45) is 0. The lowest BCUT2D eigenvalue weighted by Crippen LogP contribution is -2.45. The van der Waals surface area contributed by atoms with E-state index in [0.717, 1.165) is 50.6 Å². The largest absolute Gasteiger partial charge is 0.494 e. The molecule has 3 nitrogen and oxygen atoms in total. The van der Waals surface area contributed by atoms with E-state index in [1.165, 1.54) is 11.6 Å². The van der Waals surface area contributed by atoms with Crippen molar-refractivity contribution in [3.8, 4) is 5.75 Å². The molecule has 3 rings (SSSR count). The van der Waals surface area contributed by atoms with Crippen LogP contribution in [0.15, 0.2) is 48.5 Å². The molecule has 2 aromatic carbocycles. The second kappa shape index (κ2) is 8.27. The van der Waals surface area contributed by atoms with Crippen LogP contribution < -0.4 is 4.74 Å². The molecule has 1 heterocycles. The maximum atomic E-state index is 13.3. The summed E-state index contributed by atoms with van der Waals surface area (Å²) >= 11 is 0. The lowest BCUT2D eigenvalue weighted by molar-refractivity contribution is 0.122. The van der Waals surface area contributed by atoms with E-state index in [4.69, 9.17) is 4.74 Å². The van der Waals surface area contributed by atoms with Crippen molar-refractivity contribution in [2.75, 3.05) is 32.8 Å². The lowest BCUT2D eigenvalue weighted by atomic mass is 10.1. The standard InChI is InChI=1S/C20H25FN2O/c1-2-24-20-8-6-17(7-9-20)15-22-10-12-23(13-11-22)16-18-4-3-5-19(21)14-18/h3-9,14H,2,10-13,15-16H2,1H3. The van der Waals surface area contributed by atoms with Crippen molar-refractivity contribution >= 4 is 0 Å². The van der Waals surface area contributed by atoms with E-state index in [9.17, 15) is 4.39 Å². The van der Waals surface area contributed by atoms with E-state index < -0.39 is 0 Å². The van der Waals surface area contributed by atoms with Gasteiger partial charge in [0.2, 0.25) is 0 Å². The van der Waals surface area contributed by atoms with Crippen LogP contribution in [-0.4, -0.2) is 42.6 Å². The highest BCUT2D eigenvalue weighted by atomic mass is 19.1. The number of rotatable bonds is 6. The van der Waals surface area contributed by atoms with Gasteiger partial charge in [-0.25, -0.2) is 4.39 Å². The number of halogens is 1. The van der Waals surface area contributed by atoms with Gasteiger partial charge in [0.15, 0.2) is 0 Å². The molecule has 1 saturated heterocycles. The average Bonchev–Trinajstić information content (AvgIpc) is 2.59. The van der Waals surface area contributed by atoms with E-state index in [1.54, 1.807) is 12.1 Å². The van der Waals surface area contributed by atoms with Gasteiger partial charge >= 0.3 is 0 Å². The Balaban J connectivity index is 1.46. The summed E-state index contributed by atoms with van der Waals surface area (Å²) in [5, 5.41) is 0. The number of piperazine rings is 1. The minimum atomic E-state index is -0.151. The van der Waals surface area contributed by atoms with Crippen molar-refractivity contribution in [2.45, 2.75) is 20.0 Å². The normalized spacial score (nSPS) is 16.2. The molecule has 0 radical (unpaired) electrons. The minimum absolute atomic E-state index is 0.151. The molecule has 0 aliphatic carbocycles. The molecule has 1 aliphatic heterocycles. The first-order valence-corrected chi connectivity index (χ1v) is 8.64. The van der Waals surface area contributed by atoms with Crippen LogP contribution in [0, 0.1) is 5.82 Å². The number of nitrogens with zero attached hydrogens (tertiary/aromatic N) is 2. The van der Waals surface area contributed by atoms with Crippen LogP contribution in [0.2, 0.25) is 0 Å². The van der Waals surface area contributed by atoms with E-state index >= 15 is 0 Å². The van der Waals surface area contributed by atoms with Gasteiger partial charge in [0.05, 0.1) is 6.61 Å². The summed E-state index contributed by atoms with van der Waals surface area (Å²) in [7, 11) is 0. The van der Waals surface area contributed by atoms with Crippen molar-refractivity contribution in [3.05, 3.63) is 65.5 Å². The van der Waals surface area contributed by atoms with Crippen LogP contribution >= 0.6 is 0 Å². The minimum Gasteiger partial charge on any atom is -0.494 e. The second-order valence-corrected chi connectivity index (χ2v) is 6.26. The first kappa shape index (κ1) is 16.9. The fourth-order valence-corrected chi connectivity index (χ4v) is 3.11. The summed E-state index contributed by atoms with van der Waals surface area (Å²) in [5.41, 5.74) is 2.37. The lowest BCUT2D eigenvalue weighted by Gasteiger charge is -2.34. The van der Waals surface area contributed by atoms with Gasteiger partial charge < -0.3 is 4.74 Å². The molecule has 0 bridgehead atoms. The molecule has 0 atom stereocenters. The van der Waals surface area contributed by atoms with Gasteiger partial charge in [-0.1, -0.05) is 24.3 Å². The van der Waals surface area contributed by atoms with Crippen molar-refractivity contribution in [2.24, 2.45) is 0 Å². The SMILES string of the molecule is CCOc1ccc(CN2CCN(Cc3cccc(F)c3)CC2)cc1. The Bertz CT molecular complexity index is 636. The molecule has 1 aliphatic rings. The Kier molecular flexibility index (Phi) is 5.83. The third-order valence-corrected chi connectivity index (χ3v) is 4.40. The number of hydrogen-bond donors (Lipinski definition) is 0. The third kappa shape index (κ3) is 4.79. The second-order valence-electron chi connectivity index (χ2n) is 6.26. The van der Waals surface area contributed by atoms with Gasteiger partial charge in [0.1, 0.15) is 11.6 Å². The molecule has 24 heavy (non-hydrogen) atoms. The van der Waals surface area contributed by atoms with Gasteiger partial charge in [-0.2, -0.15) is 0 Å².